The van der Waals surface area contributed by atoms with Crippen molar-refractivity contribution in [3.05, 3.63) is 46.9 Å². The normalized spacial score (nSPS) is 14.5. The second-order valence-corrected chi connectivity index (χ2v) is 8.86. The van der Waals surface area contributed by atoms with E-state index >= 15 is 0 Å². The van der Waals surface area contributed by atoms with E-state index in [1.165, 1.54) is 0 Å². The fraction of sp³-hybridized carbons (Fsp3) is 0.333. The highest BCUT2D eigenvalue weighted by molar-refractivity contribution is 7.18. The predicted molar refractivity (Wildman–Crippen MR) is 113 cm³/mol. The number of aromatic nitrogens is 5. The number of hydrogen-bond donors (Lipinski definition) is 1. The molecule has 4 aromatic rings. The Morgan fingerprint density at radius 2 is 2.16 bits per heavy atom. The Morgan fingerprint density at radius 1 is 1.35 bits per heavy atom. The Labute approximate surface area is 181 Å². The second-order valence-electron chi connectivity index (χ2n) is 7.74. The zero-order chi connectivity index (χ0) is 21.6. The molecule has 0 aliphatic heterocycles. The summed E-state index contributed by atoms with van der Waals surface area (Å²) < 4.78 is 8.55. The summed E-state index contributed by atoms with van der Waals surface area (Å²) in [5.74, 6) is 0.357. The summed E-state index contributed by atoms with van der Waals surface area (Å²) in [7, 11) is 1.93. The number of nitrogens with one attached hydrogen (secondary N) is 1. The van der Waals surface area contributed by atoms with E-state index in [0.29, 0.717) is 25.2 Å². The lowest BCUT2D eigenvalue weighted by atomic mass is 10.1. The van der Waals surface area contributed by atoms with E-state index in [9.17, 15) is 4.79 Å². The van der Waals surface area contributed by atoms with Gasteiger partial charge in [-0.2, -0.15) is 10.4 Å². The number of carbonyl (C=O) groups is 1. The number of amides is 1. The van der Waals surface area contributed by atoms with Gasteiger partial charge in [0.1, 0.15) is 17.0 Å². The third kappa shape index (κ3) is 3.80. The van der Waals surface area contributed by atoms with E-state index in [4.69, 9.17) is 9.68 Å². The maximum Gasteiger partial charge on any atom is 0.230 e. The van der Waals surface area contributed by atoms with Crippen LogP contribution in [0.3, 0.4) is 0 Å². The molecule has 156 valence electrons. The summed E-state index contributed by atoms with van der Waals surface area (Å²) in [5, 5.41) is 25.0. The van der Waals surface area contributed by atoms with Crippen molar-refractivity contribution >= 4 is 27.5 Å². The molecule has 0 radical (unpaired) electrons. The molecule has 1 aliphatic rings. The minimum atomic E-state index is -0.700. The van der Waals surface area contributed by atoms with Gasteiger partial charge in [0.05, 0.1) is 28.9 Å². The van der Waals surface area contributed by atoms with Gasteiger partial charge in [-0.25, -0.2) is 4.98 Å². The minimum absolute atomic E-state index is 0.0376. The molecular weight excluding hydrogens is 414 g/mol. The molecule has 1 aliphatic carbocycles. The van der Waals surface area contributed by atoms with Crippen LogP contribution in [0, 0.1) is 18.3 Å². The van der Waals surface area contributed by atoms with Crippen LogP contribution in [0.5, 0.6) is 0 Å². The number of hydrogen-bond acceptors (Lipinski definition) is 8. The Bertz CT molecular complexity index is 1340. The first-order chi connectivity index (χ1) is 14.9. The van der Waals surface area contributed by atoms with E-state index in [1.54, 1.807) is 11.3 Å². The molecule has 1 aromatic carbocycles. The first-order valence-electron chi connectivity index (χ1n) is 9.87. The molecule has 0 bridgehead atoms. The van der Waals surface area contributed by atoms with Crippen molar-refractivity contribution in [1.29, 1.82) is 5.26 Å². The van der Waals surface area contributed by atoms with E-state index < -0.39 is 5.54 Å². The third-order valence-corrected chi connectivity index (χ3v) is 6.46. The monoisotopic (exact) mass is 433 g/mol. The molecule has 10 heteroatoms. The van der Waals surface area contributed by atoms with Gasteiger partial charge in [0.15, 0.2) is 0 Å². The van der Waals surface area contributed by atoms with E-state index in [1.807, 2.05) is 37.0 Å². The lowest BCUT2D eigenvalue weighted by Gasteiger charge is -2.06. The number of thiazole rings is 1. The van der Waals surface area contributed by atoms with Crippen molar-refractivity contribution in [3.63, 3.8) is 0 Å². The molecule has 0 atom stereocenters. The van der Waals surface area contributed by atoms with Crippen LogP contribution in [0.1, 0.15) is 35.3 Å². The van der Waals surface area contributed by atoms with Crippen molar-refractivity contribution in [2.24, 2.45) is 7.05 Å². The van der Waals surface area contributed by atoms with Gasteiger partial charge in [0.2, 0.25) is 17.7 Å². The van der Waals surface area contributed by atoms with Gasteiger partial charge in [0, 0.05) is 18.3 Å². The maximum absolute atomic E-state index is 12.1. The Balaban J connectivity index is 1.29. The fourth-order valence-electron chi connectivity index (χ4n) is 3.40. The van der Waals surface area contributed by atoms with E-state index in [-0.39, 0.29) is 18.2 Å². The molecule has 31 heavy (non-hydrogen) atoms. The lowest BCUT2D eigenvalue weighted by Crippen LogP contribution is -2.36. The minimum Gasteiger partial charge on any atom is -0.424 e. The van der Waals surface area contributed by atoms with Gasteiger partial charge in [-0.05, 0) is 37.5 Å². The van der Waals surface area contributed by atoms with Crippen LogP contribution in [-0.2, 0) is 24.7 Å². The standard InChI is InChI=1S/C21H19N7O2S/c1-12-14(10-23-28(12)2)13-3-4-15-16(7-13)31-20(24-15)9-19-27-26-18(30-19)8-17(29)25-21(11-22)5-6-21/h3-4,7,10H,5-6,8-9H2,1-2H3,(H,25,29). The average molecular weight is 433 g/mol. The SMILES string of the molecule is Cc1c(-c2ccc3nc(Cc4nnc(CC(=O)NC5(C#N)CC5)o4)sc3c2)cnn1C. The molecule has 3 heterocycles. The van der Waals surface area contributed by atoms with Gasteiger partial charge in [-0.3, -0.25) is 9.48 Å². The van der Waals surface area contributed by atoms with Crippen LogP contribution in [0.2, 0.25) is 0 Å². The van der Waals surface area contributed by atoms with E-state index in [2.05, 4.69) is 37.7 Å². The molecular formula is C21H19N7O2S. The maximum atomic E-state index is 12.1. The van der Waals surface area contributed by atoms with Crippen LogP contribution in [0.4, 0.5) is 0 Å². The Hall–Kier alpha value is -3.58. The molecule has 1 N–H and O–H groups in total. The summed E-state index contributed by atoms with van der Waals surface area (Å²) in [6, 6.07) is 8.30. The van der Waals surface area contributed by atoms with Crippen LogP contribution < -0.4 is 5.32 Å². The Kier molecular flexibility index (Phi) is 4.55. The van der Waals surface area contributed by atoms with Crippen molar-refractivity contribution < 1.29 is 9.21 Å². The largest absolute Gasteiger partial charge is 0.424 e. The number of nitriles is 1. The quantitative estimate of drug-likeness (QED) is 0.496. The van der Waals surface area contributed by atoms with Gasteiger partial charge in [-0.15, -0.1) is 21.5 Å². The zero-order valence-corrected chi connectivity index (χ0v) is 17.9. The second kappa shape index (κ2) is 7.28. The topological polar surface area (TPSA) is 123 Å². The third-order valence-electron chi connectivity index (χ3n) is 5.44. The summed E-state index contributed by atoms with van der Waals surface area (Å²) in [4.78, 5) is 16.7. The number of benzene rings is 1. The van der Waals surface area contributed by atoms with E-state index in [0.717, 1.165) is 32.0 Å². The van der Waals surface area contributed by atoms with Gasteiger partial charge in [-0.1, -0.05) is 6.07 Å². The average Bonchev–Trinajstić information content (AvgIpc) is 3.03. The van der Waals surface area contributed by atoms with Gasteiger partial charge < -0.3 is 9.73 Å². The van der Waals surface area contributed by atoms with Crippen LogP contribution in [0.25, 0.3) is 21.3 Å². The van der Waals surface area contributed by atoms with Crippen LogP contribution in [-0.4, -0.2) is 36.4 Å². The van der Waals surface area contributed by atoms with Gasteiger partial charge in [0.25, 0.3) is 0 Å². The zero-order valence-electron chi connectivity index (χ0n) is 17.0. The van der Waals surface area contributed by atoms with Crippen molar-refractivity contribution in [3.8, 4) is 17.2 Å². The van der Waals surface area contributed by atoms with Crippen LogP contribution in [0.15, 0.2) is 28.8 Å². The number of nitrogens with zero attached hydrogens (tertiary/aromatic N) is 6. The molecule has 3 aromatic heterocycles. The predicted octanol–water partition coefficient (Wildman–Crippen LogP) is 2.69. The van der Waals surface area contributed by atoms with Crippen molar-refractivity contribution in [2.45, 2.75) is 38.1 Å². The van der Waals surface area contributed by atoms with Crippen molar-refractivity contribution in [2.75, 3.05) is 0 Å². The highest BCUT2D eigenvalue weighted by Crippen LogP contribution is 2.34. The molecule has 1 saturated carbocycles. The number of carbonyl (C=O) groups excluding carboxylic acids is 1. The summed E-state index contributed by atoms with van der Waals surface area (Å²) in [6.45, 7) is 2.04. The smallest absolute Gasteiger partial charge is 0.230 e. The van der Waals surface area contributed by atoms with Crippen molar-refractivity contribution in [1.82, 2.24) is 30.3 Å². The van der Waals surface area contributed by atoms with Crippen LogP contribution >= 0.6 is 11.3 Å². The summed E-state index contributed by atoms with van der Waals surface area (Å²) in [6.07, 6.45) is 3.60. The number of aryl methyl sites for hydroxylation is 1. The highest BCUT2D eigenvalue weighted by atomic mass is 32.1. The first kappa shape index (κ1) is 19.4. The fourth-order valence-corrected chi connectivity index (χ4v) is 4.39. The molecule has 5 rings (SSSR count). The summed E-state index contributed by atoms with van der Waals surface area (Å²) >= 11 is 1.57. The van der Waals surface area contributed by atoms with Gasteiger partial charge >= 0.3 is 0 Å². The highest BCUT2D eigenvalue weighted by Gasteiger charge is 2.44. The molecule has 1 fully saturated rings. The lowest BCUT2D eigenvalue weighted by molar-refractivity contribution is -0.121. The molecule has 0 spiro atoms. The summed E-state index contributed by atoms with van der Waals surface area (Å²) in [5.41, 5.74) is 3.52. The number of rotatable bonds is 6. The number of fused-ring (bicyclic) bond motifs is 1. The molecule has 9 nitrogen and oxygen atoms in total. The molecule has 0 unspecified atom stereocenters. The first-order valence-corrected chi connectivity index (χ1v) is 10.7. The molecule has 1 amide bonds. The molecule has 0 saturated heterocycles. The Morgan fingerprint density at radius 3 is 2.87 bits per heavy atom.